The van der Waals surface area contributed by atoms with Crippen LogP contribution in [0.1, 0.15) is 46.0 Å². The van der Waals surface area contributed by atoms with Crippen molar-refractivity contribution in [3.63, 3.8) is 0 Å². The van der Waals surface area contributed by atoms with E-state index < -0.39 is 11.8 Å². The number of rotatable bonds is 5. The molecule has 3 heterocycles. The maximum absolute atomic E-state index is 14.6. The van der Waals surface area contributed by atoms with E-state index in [1.54, 1.807) is 0 Å². The van der Waals surface area contributed by atoms with E-state index in [2.05, 4.69) is 67.1 Å². The summed E-state index contributed by atoms with van der Waals surface area (Å²) in [6.45, 7) is 6.31. The first-order valence-corrected chi connectivity index (χ1v) is 12.7. The highest BCUT2D eigenvalue weighted by Gasteiger charge is 2.21. The number of carbonyl (C=O) groups excluding carboxylic acids is 1. The monoisotopic (exact) mass is 492 g/mol. The number of carbonyl (C=O) groups is 1. The standard InChI is InChI=1S/C26H33FN8O/c1-16-14-35(15-17(2)29-16)21-10-8-20(9-11-21)30-25-28-13-18-12-22(27)24(32-23(18)33-25)34-26(36)31-19-6-4-3-5-7-19/h8-13,16-17,19,29H,3-7,14-15H2,1-2H3,(H3,28,30,31,32,33,34,36)/t16-,17+. The quantitative estimate of drug-likeness (QED) is 0.414. The molecule has 1 saturated heterocycles. The zero-order chi connectivity index (χ0) is 25.1. The van der Waals surface area contributed by atoms with Gasteiger partial charge < -0.3 is 20.9 Å². The van der Waals surface area contributed by atoms with Gasteiger partial charge in [-0.25, -0.2) is 19.2 Å². The minimum atomic E-state index is -0.627. The Morgan fingerprint density at radius 1 is 1.06 bits per heavy atom. The lowest BCUT2D eigenvalue weighted by Crippen LogP contribution is -2.54. The Kier molecular flexibility index (Phi) is 7.13. The lowest BCUT2D eigenvalue weighted by Gasteiger charge is -2.37. The average Bonchev–Trinajstić information content (AvgIpc) is 2.85. The van der Waals surface area contributed by atoms with Gasteiger partial charge in [0, 0.05) is 54.2 Å². The van der Waals surface area contributed by atoms with Crippen molar-refractivity contribution in [3.05, 3.63) is 42.3 Å². The maximum atomic E-state index is 14.6. The zero-order valence-electron chi connectivity index (χ0n) is 20.7. The number of halogens is 1. The molecular weight excluding hydrogens is 459 g/mol. The largest absolute Gasteiger partial charge is 0.368 e. The molecule has 1 aliphatic carbocycles. The third kappa shape index (κ3) is 5.81. The van der Waals surface area contributed by atoms with Gasteiger partial charge in [0.1, 0.15) is 0 Å². The summed E-state index contributed by atoms with van der Waals surface area (Å²) in [6, 6.07) is 9.96. The van der Waals surface area contributed by atoms with Gasteiger partial charge in [-0.05, 0) is 57.0 Å². The molecule has 10 heteroatoms. The molecule has 1 saturated carbocycles. The first-order valence-electron chi connectivity index (χ1n) is 12.7. The van der Waals surface area contributed by atoms with Crippen LogP contribution in [-0.2, 0) is 0 Å². The number of fused-ring (bicyclic) bond motifs is 1. The van der Waals surface area contributed by atoms with Gasteiger partial charge in [0.05, 0.1) is 0 Å². The molecule has 1 aliphatic heterocycles. The Bertz CT molecular complexity index is 1200. The van der Waals surface area contributed by atoms with Crippen LogP contribution in [0.5, 0.6) is 0 Å². The van der Waals surface area contributed by atoms with Crippen molar-refractivity contribution < 1.29 is 9.18 Å². The Labute approximate surface area is 210 Å². The summed E-state index contributed by atoms with van der Waals surface area (Å²) in [5, 5.41) is 12.6. The normalized spacial score (nSPS) is 20.8. The molecule has 4 N–H and O–H groups in total. The number of nitrogens with zero attached hydrogens (tertiary/aromatic N) is 4. The molecule has 9 nitrogen and oxygen atoms in total. The van der Waals surface area contributed by atoms with Crippen LogP contribution >= 0.6 is 0 Å². The molecule has 2 fully saturated rings. The zero-order valence-corrected chi connectivity index (χ0v) is 20.7. The summed E-state index contributed by atoms with van der Waals surface area (Å²) in [4.78, 5) is 27.7. The first-order chi connectivity index (χ1) is 17.4. The third-order valence-electron chi connectivity index (χ3n) is 6.74. The molecule has 0 radical (unpaired) electrons. The Morgan fingerprint density at radius 2 is 1.78 bits per heavy atom. The lowest BCUT2D eigenvalue weighted by molar-refractivity contribution is 0.244. The number of urea groups is 1. The van der Waals surface area contributed by atoms with Crippen molar-refractivity contribution in [1.29, 1.82) is 0 Å². The van der Waals surface area contributed by atoms with Gasteiger partial charge in [0.2, 0.25) is 5.95 Å². The predicted octanol–water partition coefficient (Wildman–Crippen LogP) is 4.55. The number of amides is 2. The first kappa shape index (κ1) is 24.2. The van der Waals surface area contributed by atoms with E-state index >= 15 is 0 Å². The molecule has 0 unspecified atom stereocenters. The predicted molar refractivity (Wildman–Crippen MR) is 140 cm³/mol. The molecule has 2 aliphatic rings. The van der Waals surface area contributed by atoms with Crippen LogP contribution < -0.4 is 26.2 Å². The van der Waals surface area contributed by atoms with Crippen LogP contribution in [0.15, 0.2) is 36.5 Å². The van der Waals surface area contributed by atoms with E-state index in [1.165, 1.54) is 24.4 Å². The molecule has 2 atom stereocenters. The van der Waals surface area contributed by atoms with Crippen molar-refractivity contribution >= 4 is 40.2 Å². The number of aromatic nitrogens is 3. The van der Waals surface area contributed by atoms with Gasteiger partial charge in [0.25, 0.3) is 0 Å². The number of anilines is 4. The Morgan fingerprint density at radius 3 is 2.50 bits per heavy atom. The molecular formula is C26H33FN8O. The Balaban J connectivity index is 1.26. The maximum Gasteiger partial charge on any atom is 0.320 e. The summed E-state index contributed by atoms with van der Waals surface area (Å²) < 4.78 is 14.6. The number of pyridine rings is 1. The molecule has 2 amide bonds. The smallest absolute Gasteiger partial charge is 0.320 e. The van der Waals surface area contributed by atoms with Gasteiger partial charge in [-0.1, -0.05) is 19.3 Å². The SMILES string of the molecule is C[C@@H]1CN(c2ccc(Nc3ncc4cc(F)c(NC(=O)NC5CCCCC5)nc4n3)cc2)C[C@H](C)N1. The van der Waals surface area contributed by atoms with Crippen LogP contribution in [0.2, 0.25) is 0 Å². The van der Waals surface area contributed by atoms with E-state index in [1.807, 2.05) is 12.1 Å². The highest BCUT2D eigenvalue weighted by molar-refractivity contribution is 5.90. The minimum absolute atomic E-state index is 0.116. The topological polar surface area (TPSA) is 107 Å². The summed E-state index contributed by atoms with van der Waals surface area (Å²) in [5.74, 6) is -0.432. The molecule has 190 valence electrons. The highest BCUT2D eigenvalue weighted by atomic mass is 19.1. The number of nitrogens with one attached hydrogen (secondary N) is 4. The van der Waals surface area contributed by atoms with Crippen LogP contribution in [0.3, 0.4) is 0 Å². The van der Waals surface area contributed by atoms with Crippen molar-refractivity contribution in [3.8, 4) is 0 Å². The fourth-order valence-electron chi connectivity index (χ4n) is 5.08. The minimum Gasteiger partial charge on any atom is -0.368 e. The number of piperazine rings is 1. The second-order valence-electron chi connectivity index (χ2n) is 9.90. The number of hydrogen-bond donors (Lipinski definition) is 4. The highest BCUT2D eigenvalue weighted by Crippen LogP contribution is 2.24. The fourth-order valence-corrected chi connectivity index (χ4v) is 5.08. The molecule has 0 bridgehead atoms. The van der Waals surface area contributed by atoms with Crippen LogP contribution in [-0.4, -0.2) is 52.2 Å². The summed E-state index contributed by atoms with van der Waals surface area (Å²) >= 11 is 0. The summed E-state index contributed by atoms with van der Waals surface area (Å²) in [5.41, 5.74) is 2.29. The van der Waals surface area contributed by atoms with E-state index in [4.69, 9.17) is 0 Å². The second kappa shape index (κ2) is 10.6. The molecule has 2 aromatic heterocycles. The fraction of sp³-hybridized carbons (Fsp3) is 0.462. The molecule has 0 spiro atoms. The van der Waals surface area contributed by atoms with E-state index in [9.17, 15) is 9.18 Å². The summed E-state index contributed by atoms with van der Waals surface area (Å²) in [6.07, 6.45) is 6.78. The van der Waals surface area contributed by atoms with E-state index in [-0.39, 0.29) is 11.9 Å². The van der Waals surface area contributed by atoms with E-state index in [0.29, 0.717) is 29.1 Å². The van der Waals surface area contributed by atoms with Gasteiger partial charge in [-0.15, -0.1) is 0 Å². The second-order valence-corrected chi connectivity index (χ2v) is 9.90. The van der Waals surface area contributed by atoms with Crippen molar-refractivity contribution in [1.82, 2.24) is 25.6 Å². The van der Waals surface area contributed by atoms with E-state index in [0.717, 1.165) is 44.5 Å². The number of hydrogen-bond acceptors (Lipinski definition) is 7. The number of benzene rings is 1. The van der Waals surface area contributed by atoms with Crippen LogP contribution in [0.25, 0.3) is 11.0 Å². The van der Waals surface area contributed by atoms with Crippen molar-refractivity contribution in [2.45, 2.75) is 64.1 Å². The van der Waals surface area contributed by atoms with Gasteiger partial charge in [-0.2, -0.15) is 4.98 Å². The van der Waals surface area contributed by atoms with Gasteiger partial charge >= 0.3 is 6.03 Å². The molecule has 5 rings (SSSR count). The molecule has 36 heavy (non-hydrogen) atoms. The van der Waals surface area contributed by atoms with Crippen molar-refractivity contribution in [2.24, 2.45) is 0 Å². The van der Waals surface area contributed by atoms with Crippen LogP contribution in [0, 0.1) is 5.82 Å². The van der Waals surface area contributed by atoms with Gasteiger partial charge in [-0.3, -0.25) is 5.32 Å². The third-order valence-corrected chi connectivity index (χ3v) is 6.74. The molecule has 1 aromatic carbocycles. The van der Waals surface area contributed by atoms with Gasteiger partial charge in [0.15, 0.2) is 17.3 Å². The average molecular weight is 493 g/mol. The van der Waals surface area contributed by atoms with Crippen LogP contribution in [0.4, 0.5) is 32.3 Å². The van der Waals surface area contributed by atoms with Crippen molar-refractivity contribution in [2.75, 3.05) is 28.6 Å². The Hall–Kier alpha value is -3.53. The molecule has 3 aromatic rings. The lowest BCUT2D eigenvalue weighted by atomic mass is 9.96. The summed E-state index contributed by atoms with van der Waals surface area (Å²) in [7, 11) is 0.